The molecule has 2 atom stereocenters. The molecule has 0 radical (unpaired) electrons. The van der Waals surface area contributed by atoms with E-state index >= 15 is 0 Å². The summed E-state index contributed by atoms with van der Waals surface area (Å²) in [5.41, 5.74) is 6.48. The highest BCUT2D eigenvalue weighted by Crippen LogP contribution is 2.42. The average molecular weight is 477 g/mol. The van der Waals surface area contributed by atoms with Crippen molar-refractivity contribution in [3.8, 4) is 0 Å². The molecule has 0 bridgehead atoms. The number of hydrogen-bond donors (Lipinski definition) is 2. The molecule has 2 aliphatic carbocycles. The number of carbonyl (C=O) groups excluding carboxylic acids is 1. The number of rotatable bonds is 7. The van der Waals surface area contributed by atoms with Crippen molar-refractivity contribution in [2.24, 2.45) is 17.6 Å². The molecule has 0 aromatic carbocycles. The van der Waals surface area contributed by atoms with Crippen molar-refractivity contribution in [1.82, 2.24) is 19.7 Å². The number of nitrogens with zero attached hydrogens (tertiary/aromatic N) is 3. The highest BCUT2D eigenvalue weighted by molar-refractivity contribution is 5.76. The van der Waals surface area contributed by atoms with Crippen LogP contribution in [0.15, 0.2) is 12.3 Å². The van der Waals surface area contributed by atoms with Crippen LogP contribution in [0.3, 0.4) is 0 Å². The van der Waals surface area contributed by atoms with Crippen molar-refractivity contribution in [2.75, 3.05) is 0 Å². The molecule has 2 heterocycles. The minimum Gasteiger partial charge on any atom is -0.347 e. The van der Waals surface area contributed by atoms with E-state index in [9.17, 15) is 31.1 Å². The maximum atomic E-state index is 15.0. The number of halogens is 6. The molecule has 0 spiro atoms. The Labute approximate surface area is 185 Å². The Bertz CT molecular complexity index is 1010. The van der Waals surface area contributed by atoms with Crippen LogP contribution >= 0.6 is 0 Å². The third-order valence-corrected chi connectivity index (χ3v) is 6.43. The van der Waals surface area contributed by atoms with E-state index in [0.717, 1.165) is 17.2 Å². The summed E-state index contributed by atoms with van der Waals surface area (Å²) < 4.78 is 80.2. The van der Waals surface area contributed by atoms with Gasteiger partial charge in [-0.2, -0.15) is 17.6 Å². The number of hydrogen-bond acceptors (Lipinski definition) is 4. The molecule has 2 saturated carbocycles. The fourth-order valence-electron chi connectivity index (χ4n) is 4.33. The molecule has 2 aliphatic rings. The van der Waals surface area contributed by atoms with Crippen LogP contribution in [0.1, 0.15) is 74.8 Å². The lowest BCUT2D eigenvalue weighted by molar-refractivity contribution is -0.144. The predicted molar refractivity (Wildman–Crippen MR) is 106 cm³/mol. The van der Waals surface area contributed by atoms with Crippen LogP contribution in [0.4, 0.5) is 26.3 Å². The lowest BCUT2D eigenvalue weighted by Crippen LogP contribution is -2.31. The lowest BCUT2D eigenvalue weighted by Gasteiger charge is -2.31. The van der Waals surface area contributed by atoms with Gasteiger partial charge in [0.05, 0.1) is 24.2 Å². The lowest BCUT2D eigenvalue weighted by atomic mass is 9.81. The third-order valence-electron chi connectivity index (χ3n) is 6.43. The number of alkyl halides is 5. The van der Waals surface area contributed by atoms with Crippen LogP contribution in [0.2, 0.25) is 0 Å². The van der Waals surface area contributed by atoms with Gasteiger partial charge in [0.1, 0.15) is 5.69 Å². The summed E-state index contributed by atoms with van der Waals surface area (Å²) in [5, 5.41) is 2.61. The maximum absolute atomic E-state index is 15.0. The summed E-state index contributed by atoms with van der Waals surface area (Å²) in [7, 11) is 0. The van der Waals surface area contributed by atoms with E-state index in [2.05, 4.69) is 15.3 Å². The third kappa shape index (κ3) is 5.59. The van der Waals surface area contributed by atoms with Crippen LogP contribution in [0.5, 0.6) is 0 Å². The Kier molecular flexibility index (Phi) is 6.32. The van der Waals surface area contributed by atoms with E-state index in [-0.39, 0.29) is 49.0 Å². The summed E-state index contributed by atoms with van der Waals surface area (Å²) >= 11 is 0. The van der Waals surface area contributed by atoms with Gasteiger partial charge < -0.3 is 11.1 Å². The molecule has 2 aromatic heterocycles. The van der Waals surface area contributed by atoms with Crippen molar-refractivity contribution < 1.29 is 31.1 Å². The number of nitrogens with one attached hydrogen (secondary N) is 1. The van der Waals surface area contributed by atoms with Gasteiger partial charge in [-0.05, 0) is 43.6 Å². The van der Waals surface area contributed by atoms with Gasteiger partial charge in [0.2, 0.25) is 23.6 Å². The highest BCUT2D eigenvalue weighted by atomic mass is 19.4. The molecule has 12 heteroatoms. The van der Waals surface area contributed by atoms with Gasteiger partial charge in [0.15, 0.2) is 0 Å². The Morgan fingerprint density at radius 1 is 1.18 bits per heavy atom. The number of nitrogens with two attached hydrogens (primary N) is 1. The number of amides is 1. The topological polar surface area (TPSA) is 85.3 Å². The number of aromatic nitrogens is 3. The van der Waals surface area contributed by atoms with Gasteiger partial charge in [0, 0.05) is 25.5 Å². The first-order valence-electron chi connectivity index (χ1n) is 11.0. The minimum atomic E-state index is -4.43. The van der Waals surface area contributed by atoms with Crippen LogP contribution < -0.4 is 11.1 Å². The molecule has 0 unspecified atom stereocenters. The van der Waals surface area contributed by atoms with Crippen molar-refractivity contribution in [3.63, 3.8) is 0 Å². The molecule has 2 fully saturated rings. The van der Waals surface area contributed by atoms with Gasteiger partial charge in [-0.3, -0.25) is 9.20 Å². The summed E-state index contributed by atoms with van der Waals surface area (Å²) in [5.74, 6) is -4.52. The zero-order chi connectivity index (χ0) is 24.0. The molecule has 182 valence electrons. The monoisotopic (exact) mass is 477 g/mol. The molecule has 2 aromatic rings. The summed E-state index contributed by atoms with van der Waals surface area (Å²) in [6.45, 7) is 0. The van der Waals surface area contributed by atoms with Crippen molar-refractivity contribution in [2.45, 2.75) is 75.5 Å². The van der Waals surface area contributed by atoms with Crippen LogP contribution in [0, 0.1) is 17.8 Å². The second kappa shape index (κ2) is 8.77. The van der Waals surface area contributed by atoms with Crippen LogP contribution in [-0.4, -0.2) is 32.4 Å². The summed E-state index contributed by atoms with van der Waals surface area (Å²) in [6.07, 6.45) is -3.69. The SMILES string of the molecule is N[C@H](c1nc2nc([C@H](NC(=O)CCC(F)(F)F)C3CC3)ccn2c1F)C1CCC(F)(F)CC1. The molecule has 4 rings (SSSR count). The summed E-state index contributed by atoms with van der Waals surface area (Å²) in [6, 6.07) is 0.0158. The Hall–Kier alpha value is -2.37. The first-order valence-corrected chi connectivity index (χ1v) is 11.0. The van der Waals surface area contributed by atoms with Crippen LogP contribution in [-0.2, 0) is 4.79 Å². The van der Waals surface area contributed by atoms with Gasteiger partial charge in [-0.1, -0.05) is 0 Å². The smallest absolute Gasteiger partial charge is 0.347 e. The van der Waals surface area contributed by atoms with E-state index in [0.29, 0.717) is 5.69 Å². The Balaban J connectivity index is 1.52. The van der Waals surface area contributed by atoms with Crippen LogP contribution in [0.25, 0.3) is 5.78 Å². The molecule has 0 saturated heterocycles. The van der Waals surface area contributed by atoms with Crippen molar-refractivity contribution in [1.29, 1.82) is 0 Å². The predicted octanol–water partition coefficient (Wildman–Crippen LogP) is 4.60. The molecule has 0 aliphatic heterocycles. The molecule has 1 amide bonds. The Morgan fingerprint density at radius 3 is 2.45 bits per heavy atom. The van der Waals surface area contributed by atoms with Gasteiger partial charge in [0.25, 0.3) is 0 Å². The summed E-state index contributed by atoms with van der Waals surface area (Å²) in [4.78, 5) is 20.6. The van der Waals surface area contributed by atoms with Gasteiger partial charge in [-0.15, -0.1) is 0 Å². The molecular weight excluding hydrogens is 452 g/mol. The zero-order valence-corrected chi connectivity index (χ0v) is 17.7. The number of imidazole rings is 1. The largest absolute Gasteiger partial charge is 0.389 e. The second-order valence-electron chi connectivity index (χ2n) is 9.03. The highest BCUT2D eigenvalue weighted by Gasteiger charge is 2.39. The molecule has 6 nitrogen and oxygen atoms in total. The maximum Gasteiger partial charge on any atom is 0.389 e. The quantitative estimate of drug-likeness (QED) is 0.571. The van der Waals surface area contributed by atoms with E-state index in [4.69, 9.17) is 5.73 Å². The normalized spacial score (nSPS) is 21.2. The Morgan fingerprint density at radius 2 is 1.85 bits per heavy atom. The number of carbonyl (C=O) groups is 1. The first kappa shape index (κ1) is 23.8. The second-order valence-corrected chi connectivity index (χ2v) is 9.03. The standard InChI is InChI=1S/C21H25F6N5O/c22-18-17(15(28)11-3-7-20(23,24)8-4-11)31-19-29-13(6-10-32(18)19)16(12-1-2-12)30-14(33)5-9-21(25,26)27/h6,10-12,15-16H,1-5,7-9,28H2,(H,30,33)/t15-,16+/m0/s1. The molecular formula is C21H25F6N5O. The minimum absolute atomic E-state index is 0.00761. The number of fused-ring (bicyclic) bond motifs is 1. The zero-order valence-electron chi connectivity index (χ0n) is 17.7. The molecule has 3 N–H and O–H groups in total. The molecule has 33 heavy (non-hydrogen) atoms. The van der Waals surface area contributed by atoms with Crippen molar-refractivity contribution in [3.05, 3.63) is 29.6 Å². The average Bonchev–Trinajstić information content (AvgIpc) is 3.53. The van der Waals surface area contributed by atoms with E-state index in [1.54, 1.807) is 0 Å². The van der Waals surface area contributed by atoms with Crippen molar-refractivity contribution >= 4 is 11.7 Å². The van der Waals surface area contributed by atoms with E-state index in [1.807, 2.05) is 0 Å². The first-order chi connectivity index (χ1) is 15.4. The fraction of sp³-hybridized carbons (Fsp3) is 0.667. The van der Waals surface area contributed by atoms with Gasteiger partial charge in [-0.25, -0.2) is 18.7 Å². The van der Waals surface area contributed by atoms with Gasteiger partial charge >= 0.3 is 6.18 Å². The fourth-order valence-corrected chi connectivity index (χ4v) is 4.33. The van der Waals surface area contributed by atoms with E-state index < -0.39 is 48.9 Å². The van der Waals surface area contributed by atoms with E-state index in [1.165, 1.54) is 12.3 Å².